The molecule has 3 aliphatic heterocycles. The Morgan fingerprint density at radius 1 is 1.17 bits per heavy atom. The van der Waals surface area contributed by atoms with Gasteiger partial charge in [0, 0.05) is 44.8 Å². The molecule has 0 radical (unpaired) electrons. The van der Waals surface area contributed by atoms with Crippen LogP contribution in [0.5, 0.6) is 0 Å². The van der Waals surface area contributed by atoms with E-state index < -0.39 is 0 Å². The molecule has 3 saturated heterocycles. The number of hydrogen-bond acceptors (Lipinski definition) is 7. The van der Waals surface area contributed by atoms with E-state index in [4.69, 9.17) is 4.74 Å². The first-order valence-corrected chi connectivity index (χ1v) is 14.1. The van der Waals surface area contributed by atoms with Gasteiger partial charge in [-0.15, -0.1) is 10.2 Å². The Kier molecular flexibility index (Phi) is 8.26. The number of carbonyl (C=O) groups excluding carboxylic acids is 2. The smallest absolute Gasteiger partial charge is 0.231 e. The minimum atomic E-state index is -0.363. The number of amides is 2. The van der Waals surface area contributed by atoms with E-state index in [0.717, 1.165) is 62.6 Å². The molecule has 1 aromatic rings. The van der Waals surface area contributed by atoms with E-state index in [0.29, 0.717) is 23.5 Å². The van der Waals surface area contributed by atoms with Crippen molar-refractivity contribution in [2.45, 2.75) is 57.8 Å². The number of allylic oxidation sites excluding steroid dienone is 2. The number of piperidine rings is 1. The number of nitrogens with one attached hydrogen (secondary N) is 1. The van der Waals surface area contributed by atoms with Gasteiger partial charge in [-0.1, -0.05) is 29.9 Å². The van der Waals surface area contributed by atoms with Gasteiger partial charge in [0.15, 0.2) is 0 Å². The van der Waals surface area contributed by atoms with E-state index in [-0.39, 0.29) is 24.2 Å². The Labute approximate surface area is 211 Å². The average Bonchev–Trinajstić information content (AvgIpc) is 3.51. The molecule has 4 heterocycles. The lowest BCUT2D eigenvalue weighted by atomic mass is 9.95. The average molecular weight is 500 g/mol. The summed E-state index contributed by atoms with van der Waals surface area (Å²) in [7, 11) is 0. The summed E-state index contributed by atoms with van der Waals surface area (Å²) < 4.78 is 5.43. The van der Waals surface area contributed by atoms with Crippen molar-refractivity contribution >= 4 is 28.3 Å². The van der Waals surface area contributed by atoms with Gasteiger partial charge in [-0.05, 0) is 69.5 Å². The lowest BCUT2D eigenvalue weighted by Crippen LogP contribution is -2.34. The normalized spacial score (nSPS) is 26.2. The fourth-order valence-corrected chi connectivity index (χ4v) is 6.33. The van der Waals surface area contributed by atoms with Crippen molar-refractivity contribution in [3.63, 3.8) is 0 Å². The molecular formula is C26H37N5O3S. The van der Waals surface area contributed by atoms with Gasteiger partial charge >= 0.3 is 0 Å². The van der Waals surface area contributed by atoms with E-state index in [1.54, 1.807) is 4.90 Å². The summed E-state index contributed by atoms with van der Waals surface area (Å²) in [6.07, 6.45) is 15.8. The van der Waals surface area contributed by atoms with Crippen LogP contribution in [0.1, 0.15) is 56.4 Å². The number of rotatable bonds is 8. The first-order chi connectivity index (χ1) is 17.1. The Morgan fingerprint density at radius 2 is 2.00 bits per heavy atom. The van der Waals surface area contributed by atoms with Crippen LogP contribution in [0.4, 0.5) is 5.13 Å². The Hall–Kier alpha value is -2.10. The molecule has 5 rings (SSSR count). The number of anilines is 1. The molecule has 1 aliphatic carbocycles. The van der Waals surface area contributed by atoms with Crippen LogP contribution in [0, 0.1) is 17.8 Å². The van der Waals surface area contributed by atoms with E-state index in [9.17, 15) is 9.59 Å². The highest BCUT2D eigenvalue weighted by Crippen LogP contribution is 2.29. The molecular weight excluding hydrogens is 462 g/mol. The van der Waals surface area contributed by atoms with Crippen molar-refractivity contribution in [3.8, 4) is 0 Å². The third-order valence-electron chi connectivity index (χ3n) is 7.72. The molecule has 2 amide bonds. The standard InChI is InChI=1S/C26H37N5O3S/c32-24-16-21(18-31(24)22-7-4-20(5-8-22)17-30-12-2-1-3-13-30)25(33)27-26-29-28-23(35-26)9-6-19-10-14-34-15-11-19/h4,7-8,19-21H,1-3,5-6,9-18H2,(H,27,29,33). The van der Waals surface area contributed by atoms with Gasteiger partial charge in [0.1, 0.15) is 5.01 Å². The van der Waals surface area contributed by atoms with E-state index in [2.05, 4.69) is 38.6 Å². The molecule has 35 heavy (non-hydrogen) atoms. The zero-order valence-corrected chi connectivity index (χ0v) is 21.3. The number of ether oxygens (including phenoxy) is 1. The van der Waals surface area contributed by atoms with Gasteiger partial charge in [0.2, 0.25) is 16.9 Å². The van der Waals surface area contributed by atoms with Crippen LogP contribution < -0.4 is 5.32 Å². The fourth-order valence-electron chi connectivity index (χ4n) is 5.57. The second kappa shape index (κ2) is 11.8. The number of aryl methyl sites for hydroxylation is 1. The largest absolute Gasteiger partial charge is 0.381 e. The summed E-state index contributed by atoms with van der Waals surface area (Å²) in [4.78, 5) is 29.9. The molecule has 2 atom stereocenters. The Morgan fingerprint density at radius 3 is 2.77 bits per heavy atom. The number of hydrogen-bond donors (Lipinski definition) is 1. The first-order valence-electron chi connectivity index (χ1n) is 13.3. The highest BCUT2D eigenvalue weighted by atomic mass is 32.1. The minimum Gasteiger partial charge on any atom is -0.381 e. The fraction of sp³-hybridized carbons (Fsp3) is 0.692. The molecule has 3 fully saturated rings. The van der Waals surface area contributed by atoms with E-state index in [1.807, 2.05) is 0 Å². The highest BCUT2D eigenvalue weighted by molar-refractivity contribution is 7.15. The summed E-state index contributed by atoms with van der Waals surface area (Å²) >= 11 is 1.44. The highest BCUT2D eigenvalue weighted by Gasteiger charge is 2.36. The Bertz CT molecular complexity index is 949. The molecule has 0 bridgehead atoms. The SMILES string of the molecule is O=C(Nc1nnc(CCC2CCOCC2)s1)C1CC(=O)N(C2=CCC(CN3CCCCC3)C=C2)C1. The van der Waals surface area contributed by atoms with E-state index >= 15 is 0 Å². The van der Waals surface area contributed by atoms with Crippen LogP contribution in [-0.4, -0.2) is 71.2 Å². The van der Waals surface area contributed by atoms with Crippen LogP contribution in [0.25, 0.3) is 0 Å². The van der Waals surface area contributed by atoms with Gasteiger partial charge in [0.25, 0.3) is 0 Å². The monoisotopic (exact) mass is 499 g/mol. The van der Waals surface area contributed by atoms with Crippen molar-refractivity contribution in [2.75, 3.05) is 44.7 Å². The van der Waals surface area contributed by atoms with Gasteiger partial charge in [-0.2, -0.15) is 0 Å². The maximum absolute atomic E-state index is 12.9. The second-order valence-corrected chi connectivity index (χ2v) is 11.4. The van der Waals surface area contributed by atoms with Crippen LogP contribution in [0.2, 0.25) is 0 Å². The summed E-state index contributed by atoms with van der Waals surface area (Å²) in [5.74, 6) is 0.704. The van der Waals surface area contributed by atoms with Gasteiger partial charge in [-0.25, -0.2) is 0 Å². The maximum Gasteiger partial charge on any atom is 0.231 e. The van der Waals surface area contributed by atoms with Crippen molar-refractivity contribution in [3.05, 3.63) is 28.9 Å². The van der Waals surface area contributed by atoms with Gasteiger partial charge in [-0.3, -0.25) is 9.59 Å². The lowest BCUT2D eigenvalue weighted by molar-refractivity contribution is -0.126. The summed E-state index contributed by atoms with van der Waals surface area (Å²) in [5, 5.41) is 12.8. The number of carbonyl (C=O) groups is 2. The van der Waals surface area contributed by atoms with Crippen LogP contribution in [0.15, 0.2) is 23.9 Å². The molecule has 0 spiro atoms. The topological polar surface area (TPSA) is 87.7 Å². The van der Waals surface area contributed by atoms with Crippen molar-refractivity contribution in [1.82, 2.24) is 20.0 Å². The second-order valence-electron chi connectivity index (χ2n) is 10.3. The third-order valence-corrected chi connectivity index (χ3v) is 8.62. The van der Waals surface area contributed by atoms with Gasteiger partial charge in [0.05, 0.1) is 5.92 Å². The summed E-state index contributed by atoms with van der Waals surface area (Å²) in [6.45, 7) is 5.63. The number of nitrogens with zero attached hydrogens (tertiary/aromatic N) is 4. The third kappa shape index (κ3) is 6.57. The van der Waals surface area contributed by atoms with Crippen LogP contribution >= 0.6 is 11.3 Å². The zero-order chi connectivity index (χ0) is 24.0. The molecule has 9 heteroatoms. The quantitative estimate of drug-likeness (QED) is 0.588. The van der Waals surface area contributed by atoms with Crippen molar-refractivity contribution in [2.24, 2.45) is 17.8 Å². The molecule has 1 aromatic heterocycles. The predicted octanol–water partition coefficient (Wildman–Crippen LogP) is 3.63. The molecule has 8 nitrogen and oxygen atoms in total. The lowest BCUT2D eigenvalue weighted by Gasteiger charge is -2.30. The van der Waals surface area contributed by atoms with Gasteiger partial charge < -0.3 is 19.9 Å². The molecule has 190 valence electrons. The molecule has 4 aliphatic rings. The molecule has 0 saturated carbocycles. The molecule has 0 aromatic carbocycles. The summed E-state index contributed by atoms with van der Waals surface area (Å²) in [6, 6.07) is 0. The maximum atomic E-state index is 12.9. The molecule has 1 N–H and O–H groups in total. The van der Waals surface area contributed by atoms with Crippen molar-refractivity contribution in [1.29, 1.82) is 0 Å². The predicted molar refractivity (Wildman–Crippen MR) is 136 cm³/mol. The first kappa shape index (κ1) is 24.6. The number of likely N-dealkylation sites (tertiary alicyclic amines) is 2. The zero-order valence-electron chi connectivity index (χ0n) is 20.5. The van der Waals surface area contributed by atoms with Crippen molar-refractivity contribution < 1.29 is 14.3 Å². The van der Waals surface area contributed by atoms with E-state index in [1.165, 1.54) is 43.7 Å². The number of aromatic nitrogens is 2. The Balaban J connectivity index is 1.08. The molecule has 2 unspecified atom stereocenters. The summed E-state index contributed by atoms with van der Waals surface area (Å²) in [5.41, 5.74) is 0.937. The van der Waals surface area contributed by atoms with Crippen LogP contribution in [0.3, 0.4) is 0 Å². The minimum absolute atomic E-state index is 0.0185. The van der Waals surface area contributed by atoms with Crippen LogP contribution in [-0.2, 0) is 20.7 Å².